The summed E-state index contributed by atoms with van der Waals surface area (Å²) in [7, 11) is 1.87. The zero-order valence-electron chi connectivity index (χ0n) is 11.0. The first kappa shape index (κ1) is 12.3. The van der Waals surface area contributed by atoms with E-state index in [1.54, 1.807) is 16.3 Å². The van der Waals surface area contributed by atoms with Crippen molar-refractivity contribution < 1.29 is 4.74 Å². The van der Waals surface area contributed by atoms with E-state index in [1.165, 1.54) is 11.1 Å². The summed E-state index contributed by atoms with van der Waals surface area (Å²) in [5, 5.41) is 8.70. The van der Waals surface area contributed by atoms with Crippen LogP contribution in [0, 0.1) is 6.92 Å². The van der Waals surface area contributed by atoms with E-state index in [2.05, 4.69) is 35.3 Å². The number of rotatable bonds is 3. The summed E-state index contributed by atoms with van der Waals surface area (Å²) in [6.07, 6.45) is 1.15. The van der Waals surface area contributed by atoms with E-state index >= 15 is 0 Å². The molecule has 5 nitrogen and oxygen atoms in total. The van der Waals surface area contributed by atoms with Crippen molar-refractivity contribution in [1.29, 1.82) is 0 Å². The van der Waals surface area contributed by atoms with Crippen LogP contribution in [0.1, 0.15) is 11.1 Å². The molecule has 0 saturated carbocycles. The van der Waals surface area contributed by atoms with E-state index in [1.807, 2.05) is 7.05 Å². The number of anilines is 1. The Kier molecular flexibility index (Phi) is 3.10. The number of fused-ring (bicyclic) bond motifs is 1. The van der Waals surface area contributed by atoms with Gasteiger partial charge in [0, 0.05) is 19.2 Å². The highest BCUT2D eigenvalue weighted by Gasteiger charge is 2.23. The Labute approximate surface area is 116 Å². The van der Waals surface area contributed by atoms with E-state index in [4.69, 9.17) is 10.5 Å². The molecule has 2 heterocycles. The molecule has 2 N–H and O–H groups in total. The molecule has 0 fully saturated rings. The monoisotopic (exact) mass is 276 g/mol. The van der Waals surface area contributed by atoms with Crippen molar-refractivity contribution in [2.75, 3.05) is 11.5 Å². The van der Waals surface area contributed by atoms with Crippen LogP contribution in [0.5, 0.6) is 5.75 Å². The molecule has 3 rings (SSSR count). The minimum absolute atomic E-state index is 0.194. The second-order valence-corrected chi connectivity index (χ2v) is 5.75. The number of nitrogen functional groups attached to an aromatic ring is 1. The van der Waals surface area contributed by atoms with Crippen LogP contribution in [-0.4, -0.2) is 26.6 Å². The van der Waals surface area contributed by atoms with E-state index in [-0.39, 0.29) is 6.10 Å². The lowest BCUT2D eigenvalue weighted by molar-refractivity contribution is 0.259. The molecule has 1 unspecified atom stereocenters. The van der Waals surface area contributed by atoms with Gasteiger partial charge in [-0.1, -0.05) is 29.5 Å². The highest BCUT2D eigenvalue weighted by atomic mass is 32.2. The number of hydrogen-bond acceptors (Lipinski definition) is 5. The Hall–Kier alpha value is -1.69. The topological polar surface area (TPSA) is 66.0 Å². The quantitative estimate of drug-likeness (QED) is 0.866. The normalized spacial score (nSPS) is 17.3. The van der Waals surface area contributed by atoms with Gasteiger partial charge in [0.1, 0.15) is 11.9 Å². The number of nitrogens with two attached hydrogens (primary N) is 1. The van der Waals surface area contributed by atoms with Crippen molar-refractivity contribution >= 4 is 17.7 Å². The van der Waals surface area contributed by atoms with Gasteiger partial charge in [-0.05, 0) is 18.6 Å². The zero-order valence-corrected chi connectivity index (χ0v) is 11.8. The van der Waals surface area contributed by atoms with Gasteiger partial charge in [-0.15, -0.1) is 10.2 Å². The van der Waals surface area contributed by atoms with Crippen LogP contribution in [-0.2, 0) is 13.5 Å². The molecular formula is C13H16N4OS. The SMILES string of the molecule is Cc1ccc2c(c1)CC(CSc1nnc(N)n1C)O2. The van der Waals surface area contributed by atoms with Crippen LogP contribution >= 0.6 is 11.8 Å². The average Bonchev–Trinajstić information content (AvgIpc) is 2.92. The van der Waals surface area contributed by atoms with Crippen molar-refractivity contribution in [1.82, 2.24) is 14.8 Å². The minimum Gasteiger partial charge on any atom is -0.489 e. The number of nitrogens with zero attached hydrogens (tertiary/aromatic N) is 3. The number of hydrogen-bond donors (Lipinski definition) is 1. The molecule has 0 amide bonds. The Morgan fingerprint density at radius 1 is 1.47 bits per heavy atom. The van der Waals surface area contributed by atoms with Gasteiger partial charge in [0.2, 0.25) is 5.95 Å². The summed E-state index contributed by atoms with van der Waals surface area (Å²) < 4.78 is 7.71. The first-order valence-electron chi connectivity index (χ1n) is 6.17. The zero-order chi connectivity index (χ0) is 13.4. The lowest BCUT2D eigenvalue weighted by atomic mass is 10.1. The van der Waals surface area contributed by atoms with Crippen molar-refractivity contribution in [3.63, 3.8) is 0 Å². The standard InChI is InChI=1S/C13H16N4OS/c1-8-3-4-11-9(5-8)6-10(18-11)7-19-13-16-15-12(14)17(13)2/h3-5,10H,6-7H2,1-2H3,(H2,14,15). The van der Waals surface area contributed by atoms with Crippen LogP contribution in [0.15, 0.2) is 23.4 Å². The molecular weight excluding hydrogens is 260 g/mol. The number of aryl methyl sites for hydroxylation is 1. The molecule has 0 spiro atoms. The summed E-state index contributed by atoms with van der Waals surface area (Å²) in [5.74, 6) is 2.29. The van der Waals surface area contributed by atoms with Gasteiger partial charge in [0.25, 0.3) is 0 Å². The van der Waals surface area contributed by atoms with E-state index in [0.29, 0.717) is 5.95 Å². The molecule has 6 heteroatoms. The smallest absolute Gasteiger partial charge is 0.222 e. The fraction of sp³-hybridized carbons (Fsp3) is 0.385. The first-order valence-corrected chi connectivity index (χ1v) is 7.16. The van der Waals surface area contributed by atoms with E-state index < -0.39 is 0 Å². The van der Waals surface area contributed by atoms with Gasteiger partial charge < -0.3 is 10.5 Å². The van der Waals surface area contributed by atoms with Crippen molar-refractivity contribution in [3.05, 3.63) is 29.3 Å². The molecule has 19 heavy (non-hydrogen) atoms. The molecule has 0 aliphatic carbocycles. The molecule has 1 aromatic carbocycles. The predicted molar refractivity (Wildman–Crippen MR) is 75.4 cm³/mol. The summed E-state index contributed by atoms with van der Waals surface area (Å²) in [6.45, 7) is 2.10. The van der Waals surface area contributed by atoms with Gasteiger partial charge in [0.05, 0.1) is 0 Å². The second-order valence-electron chi connectivity index (χ2n) is 4.77. The maximum absolute atomic E-state index is 5.92. The number of benzene rings is 1. The third-order valence-electron chi connectivity index (χ3n) is 3.22. The highest BCUT2D eigenvalue weighted by Crippen LogP contribution is 2.31. The molecule has 0 radical (unpaired) electrons. The van der Waals surface area contributed by atoms with Crippen molar-refractivity contribution in [2.45, 2.75) is 24.6 Å². The summed E-state index contributed by atoms with van der Waals surface area (Å²) in [4.78, 5) is 0. The van der Waals surface area contributed by atoms with E-state index in [9.17, 15) is 0 Å². The number of thioether (sulfide) groups is 1. The van der Waals surface area contributed by atoms with E-state index in [0.717, 1.165) is 23.1 Å². The fourth-order valence-electron chi connectivity index (χ4n) is 2.16. The molecule has 2 aromatic rings. The molecule has 1 aromatic heterocycles. The van der Waals surface area contributed by atoms with Gasteiger partial charge in [-0.2, -0.15) is 0 Å². The summed E-state index contributed by atoms with van der Waals surface area (Å²) in [6, 6.07) is 6.33. The maximum Gasteiger partial charge on any atom is 0.222 e. The van der Waals surface area contributed by atoms with Crippen molar-refractivity contribution in [2.24, 2.45) is 7.05 Å². The highest BCUT2D eigenvalue weighted by molar-refractivity contribution is 7.99. The fourth-order valence-corrected chi connectivity index (χ4v) is 3.07. The lowest BCUT2D eigenvalue weighted by Crippen LogP contribution is -2.16. The van der Waals surface area contributed by atoms with Gasteiger partial charge in [-0.3, -0.25) is 4.57 Å². The van der Waals surface area contributed by atoms with Crippen LogP contribution in [0.3, 0.4) is 0 Å². The largest absolute Gasteiger partial charge is 0.489 e. The predicted octanol–water partition coefficient (Wildman–Crippen LogP) is 1.80. The average molecular weight is 276 g/mol. The second kappa shape index (κ2) is 4.77. The summed E-state index contributed by atoms with van der Waals surface area (Å²) in [5.41, 5.74) is 8.22. The molecule has 0 bridgehead atoms. The van der Waals surface area contributed by atoms with Crippen LogP contribution in [0.4, 0.5) is 5.95 Å². The van der Waals surface area contributed by atoms with Crippen LogP contribution in [0.2, 0.25) is 0 Å². The van der Waals surface area contributed by atoms with Crippen LogP contribution in [0.25, 0.3) is 0 Å². The Bertz CT molecular complexity index is 611. The van der Waals surface area contributed by atoms with Gasteiger partial charge in [0.15, 0.2) is 5.16 Å². The third kappa shape index (κ3) is 2.40. The minimum atomic E-state index is 0.194. The first-order chi connectivity index (χ1) is 9.13. The Morgan fingerprint density at radius 3 is 3.05 bits per heavy atom. The van der Waals surface area contributed by atoms with Crippen molar-refractivity contribution in [3.8, 4) is 5.75 Å². The van der Waals surface area contributed by atoms with Gasteiger partial charge in [-0.25, -0.2) is 0 Å². The van der Waals surface area contributed by atoms with Gasteiger partial charge >= 0.3 is 0 Å². The maximum atomic E-state index is 5.92. The lowest BCUT2D eigenvalue weighted by Gasteiger charge is -2.09. The molecule has 1 atom stereocenters. The Balaban J connectivity index is 1.63. The molecule has 100 valence electrons. The Morgan fingerprint density at radius 2 is 2.32 bits per heavy atom. The number of ether oxygens (including phenoxy) is 1. The number of aromatic nitrogens is 3. The van der Waals surface area contributed by atoms with Crippen LogP contribution < -0.4 is 10.5 Å². The molecule has 1 aliphatic rings. The third-order valence-corrected chi connectivity index (χ3v) is 4.38. The molecule has 1 aliphatic heterocycles. The molecule has 0 saturated heterocycles. The summed E-state index contributed by atoms with van der Waals surface area (Å²) >= 11 is 1.62.